The van der Waals surface area contributed by atoms with Crippen LogP contribution in [-0.4, -0.2) is 21.4 Å². The van der Waals surface area contributed by atoms with Crippen molar-refractivity contribution in [1.82, 2.24) is 9.97 Å². The maximum absolute atomic E-state index is 13.5. The fourth-order valence-electron chi connectivity index (χ4n) is 4.01. The predicted molar refractivity (Wildman–Crippen MR) is 137 cm³/mol. The summed E-state index contributed by atoms with van der Waals surface area (Å²) in [5, 5.41) is 17.3. The lowest BCUT2D eigenvalue weighted by Crippen LogP contribution is -2.09. The molecule has 2 N–H and O–H groups in total. The van der Waals surface area contributed by atoms with Gasteiger partial charge >= 0.3 is 5.69 Å². The van der Waals surface area contributed by atoms with Crippen LogP contribution in [0.3, 0.4) is 0 Å². The van der Waals surface area contributed by atoms with Crippen molar-refractivity contribution in [2.24, 2.45) is 0 Å². The second-order valence-electron chi connectivity index (χ2n) is 8.95. The summed E-state index contributed by atoms with van der Waals surface area (Å²) >= 11 is 0. The van der Waals surface area contributed by atoms with Crippen LogP contribution in [0.15, 0.2) is 24.5 Å². The number of hydrogen-bond donors (Lipinski definition) is 2. The lowest BCUT2D eigenvalue weighted by atomic mass is 10.0. The minimum atomic E-state index is -1.05. The molecule has 194 valence electrons. The first-order chi connectivity index (χ1) is 17.0. The van der Waals surface area contributed by atoms with Crippen molar-refractivity contribution in [3.63, 3.8) is 0 Å². The Morgan fingerprint density at radius 1 is 0.800 bits per heavy atom. The zero-order valence-corrected chi connectivity index (χ0v) is 20.8. The molecule has 0 atom stereocenters. The summed E-state index contributed by atoms with van der Waals surface area (Å²) in [7, 11) is 0. The lowest BCUT2D eigenvalue weighted by Gasteiger charge is -2.10. The summed E-state index contributed by atoms with van der Waals surface area (Å²) in [4.78, 5) is 18.9. The first kappa shape index (κ1) is 28.4. The van der Waals surface area contributed by atoms with Crippen LogP contribution in [0.2, 0.25) is 0 Å². The van der Waals surface area contributed by atoms with Crippen molar-refractivity contribution < 1.29 is 13.7 Å². The van der Waals surface area contributed by atoms with E-state index >= 15 is 0 Å². The highest BCUT2D eigenvalue weighted by Crippen LogP contribution is 2.31. The van der Waals surface area contributed by atoms with Crippen molar-refractivity contribution in [3.05, 3.63) is 46.3 Å². The maximum atomic E-state index is 13.5. The van der Waals surface area contributed by atoms with Gasteiger partial charge in [-0.25, -0.2) is 18.7 Å². The smallest absolute Gasteiger partial charge is 0.353 e. The molecule has 0 aliphatic rings. The molecule has 0 bridgehead atoms. The van der Waals surface area contributed by atoms with E-state index in [-0.39, 0.29) is 23.0 Å². The Hall–Kier alpha value is -2.84. The van der Waals surface area contributed by atoms with E-state index in [0.29, 0.717) is 6.54 Å². The molecule has 0 aliphatic heterocycles. The van der Waals surface area contributed by atoms with Crippen LogP contribution >= 0.6 is 0 Å². The second kappa shape index (κ2) is 16.7. The van der Waals surface area contributed by atoms with Crippen molar-refractivity contribution in [3.8, 4) is 0 Å². The summed E-state index contributed by atoms with van der Waals surface area (Å²) in [6, 6.07) is 3.15. The van der Waals surface area contributed by atoms with Crippen molar-refractivity contribution in [1.29, 1.82) is 0 Å². The van der Waals surface area contributed by atoms with Crippen LogP contribution in [-0.2, 0) is 0 Å². The molecule has 0 radical (unpaired) electrons. The third-order valence-corrected chi connectivity index (χ3v) is 6.01. The van der Waals surface area contributed by atoms with Gasteiger partial charge in [0.05, 0.1) is 4.92 Å². The summed E-state index contributed by atoms with van der Waals surface area (Å²) in [6.07, 6.45) is 18.9. The van der Waals surface area contributed by atoms with Gasteiger partial charge in [-0.1, -0.05) is 90.4 Å². The SMILES string of the molecule is CCCCCCCCCCCCCCCCNc1ncnc(Nc2ccc(F)c(F)c2)c1[N+](=O)[O-]. The van der Waals surface area contributed by atoms with Gasteiger partial charge in [-0.15, -0.1) is 0 Å². The van der Waals surface area contributed by atoms with E-state index in [4.69, 9.17) is 0 Å². The predicted octanol–water partition coefficient (Wildman–Crippen LogP) is 8.30. The van der Waals surface area contributed by atoms with Crippen molar-refractivity contribution in [2.75, 3.05) is 17.2 Å². The molecule has 0 fully saturated rings. The fraction of sp³-hybridized carbons (Fsp3) is 0.615. The molecule has 0 spiro atoms. The van der Waals surface area contributed by atoms with E-state index in [2.05, 4.69) is 27.5 Å². The topological polar surface area (TPSA) is 93.0 Å². The molecule has 35 heavy (non-hydrogen) atoms. The molecule has 0 saturated heterocycles. The molecule has 9 heteroatoms. The number of halogens is 2. The Morgan fingerprint density at radius 3 is 1.89 bits per heavy atom. The Kier molecular flexibility index (Phi) is 13.6. The number of aromatic nitrogens is 2. The fourth-order valence-corrected chi connectivity index (χ4v) is 4.01. The summed E-state index contributed by atoms with van der Waals surface area (Å²) in [5.74, 6) is -2.03. The van der Waals surface area contributed by atoms with Crippen molar-refractivity contribution in [2.45, 2.75) is 96.8 Å². The molecule has 1 heterocycles. The molecule has 2 rings (SSSR count). The van der Waals surface area contributed by atoms with Gasteiger partial charge in [-0.3, -0.25) is 10.1 Å². The van der Waals surface area contributed by atoms with E-state index in [0.717, 1.165) is 31.4 Å². The standard InChI is InChI=1S/C26H39F2N5O2/c1-2-3-4-5-6-7-8-9-10-11-12-13-14-15-18-29-25-24(33(34)35)26(31-20-30-25)32-21-16-17-22(27)23(28)19-21/h16-17,19-20H,2-15,18H2,1H3,(H2,29,30,31,32). The number of nitrogens with zero attached hydrogens (tertiary/aromatic N) is 3. The Labute approximate surface area is 207 Å². The molecule has 1 aromatic heterocycles. The van der Waals surface area contributed by atoms with Crippen LogP contribution < -0.4 is 10.6 Å². The van der Waals surface area contributed by atoms with E-state index in [9.17, 15) is 18.9 Å². The Balaban J connectivity index is 1.64. The van der Waals surface area contributed by atoms with Gasteiger partial charge in [0.2, 0.25) is 11.6 Å². The van der Waals surface area contributed by atoms with Gasteiger partial charge in [0.1, 0.15) is 6.33 Å². The molecule has 2 aromatic rings. The van der Waals surface area contributed by atoms with Gasteiger partial charge in [0, 0.05) is 18.3 Å². The maximum Gasteiger partial charge on any atom is 0.353 e. The third-order valence-electron chi connectivity index (χ3n) is 6.01. The molecule has 1 aromatic carbocycles. The average molecular weight is 492 g/mol. The molecule has 7 nitrogen and oxygen atoms in total. The van der Waals surface area contributed by atoms with Crippen molar-refractivity contribution >= 4 is 23.0 Å². The zero-order valence-electron chi connectivity index (χ0n) is 20.8. The van der Waals surface area contributed by atoms with E-state index in [1.165, 1.54) is 83.0 Å². The zero-order chi connectivity index (χ0) is 25.3. The van der Waals surface area contributed by atoms with Gasteiger partial charge in [0.25, 0.3) is 0 Å². The van der Waals surface area contributed by atoms with Gasteiger partial charge in [-0.2, -0.15) is 0 Å². The molecule has 0 saturated carbocycles. The minimum absolute atomic E-state index is 0.0838. The number of anilines is 3. The summed E-state index contributed by atoms with van der Waals surface area (Å²) in [6.45, 7) is 2.80. The molecule has 0 aliphatic carbocycles. The van der Waals surface area contributed by atoms with E-state index in [1.807, 2.05) is 0 Å². The number of nitro groups is 1. The summed E-state index contributed by atoms with van der Waals surface area (Å²) < 4.78 is 26.6. The normalized spacial score (nSPS) is 10.9. The average Bonchev–Trinajstić information content (AvgIpc) is 2.83. The van der Waals surface area contributed by atoms with Crippen LogP contribution in [0.25, 0.3) is 0 Å². The van der Waals surface area contributed by atoms with Crippen LogP contribution in [0.1, 0.15) is 96.8 Å². The third kappa shape index (κ3) is 11.0. The quantitative estimate of drug-likeness (QED) is 0.117. The number of benzene rings is 1. The monoisotopic (exact) mass is 491 g/mol. The Morgan fingerprint density at radius 2 is 1.34 bits per heavy atom. The first-order valence-electron chi connectivity index (χ1n) is 13.0. The van der Waals surface area contributed by atoms with E-state index < -0.39 is 16.6 Å². The lowest BCUT2D eigenvalue weighted by molar-refractivity contribution is -0.383. The van der Waals surface area contributed by atoms with E-state index in [1.54, 1.807) is 0 Å². The second-order valence-corrected chi connectivity index (χ2v) is 8.95. The van der Waals surface area contributed by atoms with Gasteiger partial charge < -0.3 is 10.6 Å². The molecular formula is C26H39F2N5O2. The van der Waals surface area contributed by atoms with Crippen LogP contribution in [0, 0.1) is 21.7 Å². The largest absolute Gasteiger partial charge is 0.364 e. The van der Waals surface area contributed by atoms with Crippen LogP contribution in [0.4, 0.5) is 31.8 Å². The van der Waals surface area contributed by atoms with Gasteiger partial charge in [0.15, 0.2) is 11.6 Å². The highest BCUT2D eigenvalue weighted by molar-refractivity contribution is 5.73. The molecular weight excluding hydrogens is 452 g/mol. The van der Waals surface area contributed by atoms with Gasteiger partial charge in [-0.05, 0) is 18.6 Å². The molecule has 0 amide bonds. The number of unbranched alkanes of at least 4 members (excludes halogenated alkanes) is 13. The van der Waals surface area contributed by atoms with Crippen LogP contribution in [0.5, 0.6) is 0 Å². The number of nitrogens with one attached hydrogen (secondary N) is 2. The minimum Gasteiger partial charge on any atom is -0.364 e. The number of rotatable bonds is 19. The number of hydrogen-bond acceptors (Lipinski definition) is 6. The highest BCUT2D eigenvalue weighted by Gasteiger charge is 2.23. The summed E-state index contributed by atoms with van der Waals surface area (Å²) in [5.41, 5.74) is -0.175. The molecule has 0 unspecified atom stereocenters. The first-order valence-corrected chi connectivity index (χ1v) is 13.0. The highest BCUT2D eigenvalue weighted by atomic mass is 19.2. The Bertz CT molecular complexity index is 898.